The van der Waals surface area contributed by atoms with E-state index in [1.807, 2.05) is 43.8 Å². The van der Waals surface area contributed by atoms with Crippen LogP contribution < -0.4 is 15.4 Å². The van der Waals surface area contributed by atoms with Crippen LogP contribution in [-0.4, -0.2) is 67.4 Å². The quantitative estimate of drug-likeness (QED) is 0.0417. The minimum atomic E-state index is -1.00. The summed E-state index contributed by atoms with van der Waals surface area (Å²) in [5.41, 5.74) is 2.70. The van der Waals surface area contributed by atoms with Gasteiger partial charge < -0.3 is 25.0 Å². The predicted octanol–water partition coefficient (Wildman–Crippen LogP) is 7.43. The summed E-state index contributed by atoms with van der Waals surface area (Å²) in [5, 5.41) is 23.1. The molecule has 1 fully saturated rings. The summed E-state index contributed by atoms with van der Waals surface area (Å²) in [6.07, 6.45) is 5.82. The van der Waals surface area contributed by atoms with Crippen LogP contribution in [0.5, 0.6) is 5.75 Å². The smallest absolute Gasteiger partial charge is 0.294 e. The molecule has 2 rings (SSSR count). The third kappa shape index (κ3) is 16.9. The van der Waals surface area contributed by atoms with Gasteiger partial charge in [0.2, 0.25) is 0 Å². The van der Waals surface area contributed by atoms with E-state index in [-0.39, 0.29) is 18.6 Å². The van der Waals surface area contributed by atoms with E-state index >= 15 is 0 Å². The van der Waals surface area contributed by atoms with Gasteiger partial charge in [0.05, 0.1) is 40.6 Å². The van der Waals surface area contributed by atoms with Crippen molar-refractivity contribution < 1.29 is 28.8 Å². The average molecular weight is 653 g/mol. The average Bonchev–Trinajstić information content (AvgIpc) is 2.99. The molecular formula is C33H57N4O7P. The molecule has 0 radical (unpaired) electrons. The van der Waals surface area contributed by atoms with E-state index in [0.29, 0.717) is 73.0 Å². The molecule has 1 atom stereocenters. The summed E-state index contributed by atoms with van der Waals surface area (Å²) in [7, 11) is -1.00. The summed E-state index contributed by atoms with van der Waals surface area (Å²) in [5.74, 6) is 0.313. The highest BCUT2D eigenvalue weighted by atomic mass is 31.1. The lowest BCUT2D eigenvalue weighted by Gasteiger charge is -2.39. The van der Waals surface area contributed by atoms with Crippen LogP contribution in [0.2, 0.25) is 0 Å². The molecule has 1 aromatic rings. The SMILES string of the molecule is C=C(NC(=O)/C(C)=C(\C)C(=N)CCC)c1cc(P(C)ON2CC(OCCCO[N+](=O)[O-])C2)ccc1OCC.CCC.CCCC. The van der Waals surface area contributed by atoms with Gasteiger partial charge >= 0.3 is 0 Å². The molecule has 1 aliphatic rings. The molecule has 1 amide bonds. The van der Waals surface area contributed by atoms with Crippen LogP contribution in [0.3, 0.4) is 0 Å². The molecular weight excluding hydrogens is 595 g/mol. The zero-order chi connectivity index (χ0) is 34.4. The predicted molar refractivity (Wildman–Crippen MR) is 185 cm³/mol. The molecule has 2 N–H and O–H groups in total. The molecule has 0 aliphatic carbocycles. The molecule has 12 heteroatoms. The molecule has 0 bridgehead atoms. The first-order valence-electron chi connectivity index (χ1n) is 16.0. The minimum absolute atomic E-state index is 0.0125. The number of amides is 1. The van der Waals surface area contributed by atoms with Crippen molar-refractivity contribution in [1.29, 1.82) is 5.41 Å². The van der Waals surface area contributed by atoms with E-state index in [4.69, 9.17) is 19.5 Å². The van der Waals surface area contributed by atoms with Crippen LogP contribution in [0.1, 0.15) is 99.5 Å². The topological polar surface area (TPSA) is 136 Å². The Balaban J connectivity index is 0.00000250. The van der Waals surface area contributed by atoms with Crippen LogP contribution in [0.25, 0.3) is 5.70 Å². The summed E-state index contributed by atoms with van der Waals surface area (Å²) < 4.78 is 17.6. The zero-order valence-corrected chi connectivity index (χ0v) is 29.9. The first-order valence-corrected chi connectivity index (χ1v) is 17.7. The lowest BCUT2D eigenvalue weighted by molar-refractivity contribution is -0.757. The van der Waals surface area contributed by atoms with Gasteiger partial charge in [-0.2, -0.15) is 5.06 Å². The van der Waals surface area contributed by atoms with E-state index < -0.39 is 13.2 Å². The van der Waals surface area contributed by atoms with Gasteiger partial charge in [0.1, 0.15) is 5.75 Å². The fourth-order valence-corrected chi connectivity index (χ4v) is 4.77. The van der Waals surface area contributed by atoms with Crippen molar-refractivity contribution in [3.63, 3.8) is 0 Å². The largest absolute Gasteiger partial charge is 0.493 e. The highest BCUT2D eigenvalue weighted by Gasteiger charge is 2.30. The van der Waals surface area contributed by atoms with Crippen LogP contribution >= 0.6 is 8.15 Å². The number of nitrogens with zero attached hydrogens (tertiary/aromatic N) is 2. The molecule has 0 spiro atoms. The van der Waals surface area contributed by atoms with Crippen LogP contribution in [0.15, 0.2) is 35.9 Å². The van der Waals surface area contributed by atoms with Gasteiger partial charge in [0.15, 0.2) is 0 Å². The van der Waals surface area contributed by atoms with Crippen molar-refractivity contribution in [2.45, 2.75) is 100 Å². The van der Waals surface area contributed by atoms with Gasteiger partial charge in [0, 0.05) is 34.5 Å². The molecule has 1 aliphatic heterocycles. The molecule has 1 heterocycles. The number of allylic oxidation sites excluding steroid dienone is 1. The second kappa shape index (κ2) is 24.4. The van der Waals surface area contributed by atoms with Crippen LogP contribution in [0, 0.1) is 15.5 Å². The number of nitrogens with one attached hydrogen (secondary N) is 2. The molecule has 1 saturated heterocycles. The summed E-state index contributed by atoms with van der Waals surface area (Å²) in [4.78, 5) is 27.3. The molecule has 256 valence electrons. The van der Waals surface area contributed by atoms with Crippen LogP contribution in [0.4, 0.5) is 0 Å². The van der Waals surface area contributed by atoms with Gasteiger partial charge in [-0.05, 0) is 64.0 Å². The maximum Gasteiger partial charge on any atom is 0.294 e. The lowest BCUT2D eigenvalue weighted by Crippen LogP contribution is -2.51. The number of benzene rings is 1. The van der Waals surface area contributed by atoms with E-state index in [0.717, 1.165) is 11.7 Å². The molecule has 1 aromatic carbocycles. The fourth-order valence-electron chi connectivity index (χ4n) is 3.60. The highest BCUT2D eigenvalue weighted by molar-refractivity contribution is 7.60. The second-order valence-corrected chi connectivity index (χ2v) is 12.2. The van der Waals surface area contributed by atoms with Crippen molar-refractivity contribution in [2.24, 2.45) is 0 Å². The van der Waals surface area contributed by atoms with E-state index in [9.17, 15) is 14.9 Å². The van der Waals surface area contributed by atoms with Gasteiger partial charge in [-0.25, -0.2) is 0 Å². The molecule has 0 saturated carbocycles. The van der Waals surface area contributed by atoms with E-state index in [1.165, 1.54) is 19.3 Å². The Morgan fingerprint density at radius 3 is 2.24 bits per heavy atom. The van der Waals surface area contributed by atoms with Crippen LogP contribution in [-0.2, 0) is 19.0 Å². The Kier molecular flexibility index (Phi) is 22.8. The summed E-state index contributed by atoms with van der Waals surface area (Å²) >= 11 is 0. The standard InChI is InChI=1S/C26H39N4O7P.C4H10.C3H8/c1-7-10-24(27)18(3)19(4)26(31)28-20(5)23-15-22(11-12-25(23)34-8-2)38(6)37-29-16-21(17-29)35-13-9-14-36-30(32)33;1-3-4-2;1-3-2/h11-12,15,21,27H,5,7-10,13-14,16-17H2,1-4,6H3,(H,28,31);3-4H2,1-2H3;3H2,1-2H3/b19-18+,27-24?;;. The fraction of sp³-hybridized carbons (Fsp3) is 0.636. The number of hydrogen-bond acceptors (Lipinski definition) is 9. The third-order valence-corrected chi connectivity index (χ3v) is 7.94. The molecule has 45 heavy (non-hydrogen) atoms. The van der Waals surface area contributed by atoms with Crippen molar-refractivity contribution >= 4 is 30.8 Å². The number of unbranched alkanes of at least 4 members (excludes halogenated alkanes) is 1. The Morgan fingerprint density at radius 1 is 1.09 bits per heavy atom. The molecule has 0 aromatic heterocycles. The molecule has 11 nitrogen and oxygen atoms in total. The van der Waals surface area contributed by atoms with Gasteiger partial charge in [0.25, 0.3) is 11.0 Å². The highest BCUT2D eigenvalue weighted by Crippen LogP contribution is 2.37. The first-order chi connectivity index (χ1) is 21.4. The maximum absolute atomic E-state index is 12.9. The normalized spacial score (nSPS) is 13.9. The number of hydrogen-bond donors (Lipinski definition) is 2. The van der Waals surface area contributed by atoms with Gasteiger partial charge in [-0.1, -0.05) is 66.9 Å². The van der Waals surface area contributed by atoms with Crippen molar-refractivity contribution in [3.05, 3.63) is 51.6 Å². The Labute approximate surface area is 272 Å². The van der Waals surface area contributed by atoms with Crippen molar-refractivity contribution in [3.8, 4) is 5.75 Å². The van der Waals surface area contributed by atoms with Crippen molar-refractivity contribution in [2.75, 3.05) is 39.6 Å². The monoisotopic (exact) mass is 652 g/mol. The Hall–Kier alpha value is -2.85. The zero-order valence-electron chi connectivity index (χ0n) is 29.0. The van der Waals surface area contributed by atoms with E-state index in [2.05, 4.69) is 44.4 Å². The first kappa shape index (κ1) is 42.1. The number of hydroxylamine groups is 2. The second-order valence-electron chi connectivity index (χ2n) is 10.6. The van der Waals surface area contributed by atoms with Crippen molar-refractivity contribution in [1.82, 2.24) is 10.4 Å². The number of rotatable bonds is 18. The van der Waals surface area contributed by atoms with Gasteiger partial charge in [-0.3, -0.25) is 9.42 Å². The maximum atomic E-state index is 12.9. The minimum Gasteiger partial charge on any atom is -0.493 e. The lowest BCUT2D eigenvalue weighted by atomic mass is 10.0. The Bertz CT molecular complexity index is 1090. The van der Waals surface area contributed by atoms with E-state index in [1.54, 1.807) is 13.8 Å². The number of carbonyl (C=O) groups excluding carboxylic acids is 1. The summed E-state index contributed by atoms with van der Waals surface area (Å²) in [6, 6.07) is 5.72. The summed E-state index contributed by atoms with van der Waals surface area (Å²) in [6.45, 7) is 24.2. The number of ether oxygens (including phenoxy) is 2. The molecule has 1 unspecified atom stereocenters. The van der Waals surface area contributed by atoms with Gasteiger partial charge in [-0.15, -0.1) is 10.1 Å². The Morgan fingerprint density at radius 2 is 1.71 bits per heavy atom. The number of carbonyl (C=O) groups is 1. The third-order valence-electron chi connectivity index (χ3n) is 6.46.